The van der Waals surface area contributed by atoms with Gasteiger partial charge in [-0.1, -0.05) is 17.7 Å². The summed E-state index contributed by atoms with van der Waals surface area (Å²) in [5.74, 6) is 3.83. The average Bonchev–Trinajstić information content (AvgIpc) is 2.51. The molecule has 0 unspecified atom stereocenters. The number of benzene rings is 1. The van der Waals surface area contributed by atoms with Gasteiger partial charge < -0.3 is 10.1 Å². The Morgan fingerprint density at radius 2 is 1.67 bits per heavy atom. The van der Waals surface area contributed by atoms with Crippen LogP contribution in [0.3, 0.4) is 0 Å². The average molecular weight is 327 g/mol. The lowest BCUT2D eigenvalue weighted by atomic mass is 9.49. The number of hydrogen-bond donors (Lipinski definition) is 1. The zero-order valence-corrected chi connectivity index (χ0v) is 14.7. The van der Waals surface area contributed by atoms with Crippen molar-refractivity contribution >= 4 is 5.91 Å². The predicted molar refractivity (Wildman–Crippen MR) is 94.9 cm³/mol. The molecule has 0 atom stereocenters. The first kappa shape index (κ1) is 16.0. The van der Waals surface area contributed by atoms with Crippen LogP contribution in [-0.4, -0.2) is 19.1 Å². The fourth-order valence-electron chi connectivity index (χ4n) is 5.90. The van der Waals surface area contributed by atoms with Crippen LogP contribution < -0.4 is 10.1 Å². The monoisotopic (exact) mass is 327 g/mol. The Balaban J connectivity index is 1.22. The van der Waals surface area contributed by atoms with E-state index in [9.17, 15) is 4.79 Å². The molecule has 0 aliphatic heterocycles. The number of rotatable bonds is 6. The minimum atomic E-state index is 0.226. The molecule has 4 fully saturated rings. The van der Waals surface area contributed by atoms with Crippen molar-refractivity contribution < 1.29 is 9.53 Å². The zero-order valence-electron chi connectivity index (χ0n) is 14.7. The third kappa shape index (κ3) is 3.45. The lowest BCUT2D eigenvalue weighted by Crippen LogP contribution is -2.48. The van der Waals surface area contributed by atoms with Gasteiger partial charge >= 0.3 is 0 Å². The number of carbonyl (C=O) groups is 1. The van der Waals surface area contributed by atoms with Gasteiger partial charge in [0.25, 0.3) is 0 Å². The molecule has 3 nitrogen and oxygen atoms in total. The van der Waals surface area contributed by atoms with Gasteiger partial charge in [-0.05, 0) is 80.8 Å². The number of nitrogens with one attached hydrogen (secondary N) is 1. The molecule has 1 aromatic rings. The van der Waals surface area contributed by atoms with E-state index in [2.05, 4.69) is 12.2 Å². The summed E-state index contributed by atoms with van der Waals surface area (Å²) < 4.78 is 5.69. The highest BCUT2D eigenvalue weighted by molar-refractivity contribution is 5.76. The van der Waals surface area contributed by atoms with E-state index in [1.165, 1.54) is 44.1 Å². The van der Waals surface area contributed by atoms with E-state index < -0.39 is 0 Å². The maximum absolute atomic E-state index is 12.4. The van der Waals surface area contributed by atoms with E-state index in [1.54, 1.807) is 0 Å². The Bertz CT molecular complexity index is 557. The summed E-state index contributed by atoms with van der Waals surface area (Å²) in [5.41, 5.74) is 1.56. The molecule has 1 aromatic carbocycles. The van der Waals surface area contributed by atoms with Crippen molar-refractivity contribution in [1.82, 2.24) is 5.32 Å². The summed E-state index contributed by atoms with van der Waals surface area (Å²) in [5, 5.41) is 3.08. The van der Waals surface area contributed by atoms with Crippen molar-refractivity contribution in [3.05, 3.63) is 29.8 Å². The maximum atomic E-state index is 12.4. The number of carbonyl (C=O) groups excluding carboxylic acids is 1. The van der Waals surface area contributed by atoms with E-state index in [0.717, 1.165) is 29.9 Å². The Morgan fingerprint density at radius 3 is 2.25 bits per heavy atom. The van der Waals surface area contributed by atoms with Crippen LogP contribution in [0.25, 0.3) is 0 Å². The molecule has 0 saturated heterocycles. The first-order valence-corrected chi connectivity index (χ1v) is 9.56. The van der Waals surface area contributed by atoms with Gasteiger partial charge in [-0.2, -0.15) is 0 Å². The quantitative estimate of drug-likeness (QED) is 0.799. The van der Waals surface area contributed by atoms with Gasteiger partial charge in [-0.25, -0.2) is 0 Å². The third-order valence-electron chi connectivity index (χ3n) is 6.41. The third-order valence-corrected chi connectivity index (χ3v) is 6.41. The topological polar surface area (TPSA) is 38.3 Å². The van der Waals surface area contributed by atoms with Crippen LogP contribution in [-0.2, 0) is 4.79 Å². The van der Waals surface area contributed by atoms with E-state index in [0.29, 0.717) is 18.6 Å². The molecule has 1 amide bonds. The fourth-order valence-corrected chi connectivity index (χ4v) is 5.90. The van der Waals surface area contributed by atoms with Gasteiger partial charge in [-0.3, -0.25) is 4.79 Å². The first-order valence-electron chi connectivity index (χ1n) is 9.56. The molecule has 24 heavy (non-hydrogen) atoms. The fraction of sp³-hybridized carbons (Fsp3) is 0.667. The van der Waals surface area contributed by atoms with Crippen LogP contribution in [0.5, 0.6) is 5.75 Å². The SMILES string of the molecule is Cc1ccc(OCCNC(=O)CC23CC4CC(CC(C4)C2)C3)cc1. The standard InChI is InChI=1S/C21H29NO2/c1-15-2-4-19(5-3-15)24-7-6-22-20(23)14-21-11-16-8-17(12-21)10-18(9-16)13-21/h2-5,16-18H,6-14H2,1H3,(H,22,23). The Morgan fingerprint density at radius 1 is 1.08 bits per heavy atom. The molecule has 0 radical (unpaired) electrons. The van der Waals surface area contributed by atoms with Gasteiger partial charge in [-0.15, -0.1) is 0 Å². The molecule has 0 heterocycles. The minimum absolute atomic E-state index is 0.226. The van der Waals surface area contributed by atoms with Crippen molar-refractivity contribution in [3.8, 4) is 5.75 Å². The van der Waals surface area contributed by atoms with Crippen LogP contribution in [0.4, 0.5) is 0 Å². The van der Waals surface area contributed by atoms with E-state index in [1.807, 2.05) is 24.3 Å². The smallest absolute Gasteiger partial charge is 0.220 e. The van der Waals surface area contributed by atoms with E-state index in [4.69, 9.17) is 4.74 Å². The zero-order chi connectivity index (χ0) is 16.6. The second-order valence-electron chi connectivity index (χ2n) is 8.61. The van der Waals surface area contributed by atoms with Crippen molar-refractivity contribution in [2.75, 3.05) is 13.2 Å². The minimum Gasteiger partial charge on any atom is -0.492 e. The molecule has 0 spiro atoms. The Hall–Kier alpha value is -1.51. The lowest BCUT2D eigenvalue weighted by Gasteiger charge is -2.56. The number of amides is 1. The van der Waals surface area contributed by atoms with Gasteiger partial charge in [0.1, 0.15) is 12.4 Å². The van der Waals surface area contributed by atoms with Crippen molar-refractivity contribution in [2.45, 2.75) is 51.9 Å². The normalized spacial score (nSPS) is 33.5. The summed E-state index contributed by atoms with van der Waals surface area (Å²) in [6.45, 7) is 3.20. The number of aryl methyl sites for hydroxylation is 1. The molecular formula is C21H29NO2. The molecule has 4 aliphatic carbocycles. The van der Waals surface area contributed by atoms with Crippen LogP contribution in [0.1, 0.15) is 50.5 Å². The highest BCUT2D eigenvalue weighted by Crippen LogP contribution is 2.61. The molecule has 4 bridgehead atoms. The highest BCUT2D eigenvalue weighted by atomic mass is 16.5. The van der Waals surface area contributed by atoms with Gasteiger partial charge in [0, 0.05) is 6.42 Å². The summed E-state index contributed by atoms with van der Waals surface area (Å²) in [6.07, 6.45) is 8.94. The molecular weight excluding hydrogens is 298 g/mol. The van der Waals surface area contributed by atoms with Crippen LogP contribution in [0.2, 0.25) is 0 Å². The van der Waals surface area contributed by atoms with Gasteiger partial charge in [0.15, 0.2) is 0 Å². The second-order valence-corrected chi connectivity index (χ2v) is 8.61. The van der Waals surface area contributed by atoms with E-state index >= 15 is 0 Å². The van der Waals surface area contributed by atoms with Gasteiger partial charge in [0.05, 0.1) is 6.54 Å². The molecule has 3 heteroatoms. The lowest BCUT2D eigenvalue weighted by molar-refractivity contribution is -0.129. The summed E-state index contributed by atoms with van der Waals surface area (Å²) in [6, 6.07) is 8.04. The molecule has 130 valence electrons. The van der Waals surface area contributed by atoms with Crippen LogP contribution >= 0.6 is 0 Å². The van der Waals surface area contributed by atoms with E-state index in [-0.39, 0.29) is 5.91 Å². The summed E-state index contributed by atoms with van der Waals surface area (Å²) in [4.78, 5) is 12.4. The Labute approximate surface area is 145 Å². The van der Waals surface area contributed by atoms with Crippen LogP contribution in [0.15, 0.2) is 24.3 Å². The van der Waals surface area contributed by atoms with Crippen molar-refractivity contribution in [1.29, 1.82) is 0 Å². The summed E-state index contributed by atoms with van der Waals surface area (Å²) >= 11 is 0. The number of hydrogen-bond acceptors (Lipinski definition) is 2. The van der Waals surface area contributed by atoms with Crippen molar-refractivity contribution in [3.63, 3.8) is 0 Å². The largest absolute Gasteiger partial charge is 0.492 e. The summed E-state index contributed by atoms with van der Waals surface area (Å²) in [7, 11) is 0. The molecule has 4 aliphatic rings. The second kappa shape index (κ2) is 6.42. The first-order chi connectivity index (χ1) is 11.6. The molecule has 1 N–H and O–H groups in total. The molecule has 0 aromatic heterocycles. The predicted octanol–water partition coefficient (Wildman–Crippen LogP) is 4.10. The Kier molecular flexibility index (Phi) is 4.28. The highest BCUT2D eigenvalue weighted by Gasteiger charge is 2.51. The van der Waals surface area contributed by atoms with Gasteiger partial charge in [0.2, 0.25) is 5.91 Å². The molecule has 4 saturated carbocycles. The maximum Gasteiger partial charge on any atom is 0.220 e. The van der Waals surface area contributed by atoms with Crippen LogP contribution in [0, 0.1) is 30.1 Å². The molecule has 5 rings (SSSR count). The van der Waals surface area contributed by atoms with Crippen molar-refractivity contribution in [2.24, 2.45) is 23.2 Å². The number of ether oxygens (including phenoxy) is 1.